The van der Waals surface area contributed by atoms with Crippen LogP contribution >= 0.6 is 0 Å². The number of piperazine rings is 1. The minimum absolute atomic E-state index is 0.231. The number of benzene rings is 1. The third-order valence-electron chi connectivity index (χ3n) is 7.33. The van der Waals surface area contributed by atoms with Crippen LogP contribution in [0, 0.1) is 5.41 Å². The van der Waals surface area contributed by atoms with Crippen molar-refractivity contribution in [2.75, 3.05) is 38.0 Å². The summed E-state index contributed by atoms with van der Waals surface area (Å²) in [6.07, 6.45) is 6.21. The van der Waals surface area contributed by atoms with E-state index in [1.54, 1.807) is 17.2 Å². The van der Waals surface area contributed by atoms with Gasteiger partial charge in [0.1, 0.15) is 5.82 Å². The number of hydrogen-bond donors (Lipinski definition) is 4. The van der Waals surface area contributed by atoms with Crippen molar-refractivity contribution >= 4 is 11.8 Å². The fraction of sp³-hybridized carbons (Fsp3) is 0.542. The molecule has 9 nitrogen and oxygen atoms in total. The quantitative estimate of drug-likeness (QED) is 0.500. The lowest BCUT2D eigenvalue weighted by molar-refractivity contribution is -0.150. The second kappa shape index (κ2) is 8.55. The van der Waals surface area contributed by atoms with Gasteiger partial charge >= 0.3 is 11.7 Å². The summed E-state index contributed by atoms with van der Waals surface area (Å²) in [5.41, 5.74) is 8.17. The molecule has 4 aliphatic rings. The fourth-order valence-corrected chi connectivity index (χ4v) is 5.81. The highest BCUT2D eigenvalue weighted by molar-refractivity contribution is 5.88. The van der Waals surface area contributed by atoms with Crippen LogP contribution in [0.1, 0.15) is 31.7 Å². The van der Waals surface area contributed by atoms with E-state index in [4.69, 9.17) is 5.73 Å². The number of rotatable bonds is 7. The lowest BCUT2D eigenvalue weighted by Crippen LogP contribution is -2.76. The molecule has 4 fully saturated rings. The van der Waals surface area contributed by atoms with E-state index < -0.39 is 5.69 Å². The largest absolute Gasteiger partial charge is 0.354 e. The number of hydrogen-bond acceptors (Lipinski definition) is 6. The molecule has 33 heavy (non-hydrogen) atoms. The molecule has 6 rings (SSSR count). The minimum Gasteiger partial charge on any atom is -0.330 e. The number of aromatic nitrogens is 2. The number of nitrogens with zero attached hydrogens (tertiary/aromatic N) is 3. The predicted molar refractivity (Wildman–Crippen MR) is 128 cm³/mol. The van der Waals surface area contributed by atoms with Crippen LogP contribution in [-0.2, 0) is 6.42 Å². The van der Waals surface area contributed by atoms with Crippen molar-refractivity contribution in [1.29, 1.82) is 0 Å². The van der Waals surface area contributed by atoms with Gasteiger partial charge in [0.05, 0.1) is 5.69 Å². The van der Waals surface area contributed by atoms with Gasteiger partial charge in [-0.3, -0.25) is 9.88 Å². The first-order valence-electron chi connectivity index (χ1n) is 11.8. The molecular formula is C24H33N7O2. The van der Waals surface area contributed by atoms with Crippen LogP contribution in [-0.4, -0.2) is 64.8 Å². The molecule has 0 radical (unpaired) electrons. The van der Waals surface area contributed by atoms with E-state index in [1.165, 1.54) is 29.4 Å². The van der Waals surface area contributed by atoms with E-state index in [1.807, 2.05) is 12.1 Å². The summed E-state index contributed by atoms with van der Waals surface area (Å²) >= 11 is 0. The molecule has 2 bridgehead atoms. The lowest BCUT2D eigenvalue weighted by atomic mass is 9.39. The highest BCUT2D eigenvalue weighted by Gasteiger charge is 2.66. The maximum atomic E-state index is 12.6. The van der Waals surface area contributed by atoms with Gasteiger partial charge in [0.25, 0.3) is 0 Å². The summed E-state index contributed by atoms with van der Waals surface area (Å²) < 4.78 is 1.49. The third kappa shape index (κ3) is 4.40. The molecule has 1 aromatic heterocycles. The number of urea groups is 1. The number of nitrogens with two attached hydrogens (primary N) is 1. The summed E-state index contributed by atoms with van der Waals surface area (Å²) in [4.78, 5) is 30.7. The average molecular weight is 452 g/mol. The van der Waals surface area contributed by atoms with E-state index in [0.717, 1.165) is 31.7 Å². The third-order valence-corrected chi connectivity index (χ3v) is 7.33. The van der Waals surface area contributed by atoms with Gasteiger partial charge in [0, 0.05) is 44.0 Å². The molecule has 5 N–H and O–H groups in total. The van der Waals surface area contributed by atoms with Crippen LogP contribution in [0.15, 0.2) is 41.3 Å². The summed E-state index contributed by atoms with van der Waals surface area (Å²) in [6.45, 7) is 5.85. The van der Waals surface area contributed by atoms with E-state index in [0.29, 0.717) is 30.1 Å². The molecule has 3 saturated carbocycles. The molecule has 2 amide bonds. The van der Waals surface area contributed by atoms with Gasteiger partial charge in [-0.15, -0.1) is 0 Å². The van der Waals surface area contributed by atoms with E-state index in [-0.39, 0.29) is 11.8 Å². The zero-order valence-corrected chi connectivity index (χ0v) is 19.1. The molecule has 1 aromatic carbocycles. The van der Waals surface area contributed by atoms with Crippen molar-refractivity contribution in [3.8, 4) is 5.69 Å². The summed E-state index contributed by atoms with van der Waals surface area (Å²) in [5.74, 6) is 0.265. The number of carbonyl (C=O) groups is 1. The van der Waals surface area contributed by atoms with Crippen molar-refractivity contribution in [2.24, 2.45) is 11.1 Å². The molecule has 9 heteroatoms. The topological polar surface area (TPSA) is 117 Å². The molecule has 1 aliphatic heterocycles. The Bertz CT molecular complexity index is 1060. The van der Waals surface area contributed by atoms with Crippen molar-refractivity contribution in [1.82, 2.24) is 25.1 Å². The average Bonchev–Trinajstić information content (AvgIpc) is 2.76. The number of carbonyl (C=O) groups excluding carboxylic acids is 1. The van der Waals surface area contributed by atoms with Crippen LogP contribution < -0.4 is 27.4 Å². The van der Waals surface area contributed by atoms with Gasteiger partial charge in [-0.05, 0) is 68.3 Å². The Morgan fingerprint density at radius 2 is 1.88 bits per heavy atom. The summed E-state index contributed by atoms with van der Waals surface area (Å²) in [5, 5.41) is 9.73. The standard InChI is InChI=1S/C24H33N7O2/c1-17(29-24-13-23(14-24,15-24)16-25)12-18-2-4-19(5-3-18)31-9-6-20(28-22(31)33)27-21(32)30-10-7-26-8-11-30/h2-6,9,17,26,29H,7-8,10-16,25H2,1H3,(H,27,28,32,33). The Morgan fingerprint density at radius 1 is 1.18 bits per heavy atom. The van der Waals surface area contributed by atoms with Gasteiger partial charge < -0.3 is 21.3 Å². The van der Waals surface area contributed by atoms with Crippen LogP contribution in [0.2, 0.25) is 0 Å². The first-order valence-corrected chi connectivity index (χ1v) is 11.8. The van der Waals surface area contributed by atoms with Gasteiger partial charge in [-0.25, -0.2) is 9.59 Å². The van der Waals surface area contributed by atoms with Crippen molar-refractivity contribution in [3.05, 3.63) is 52.6 Å². The zero-order valence-electron chi connectivity index (χ0n) is 19.1. The number of anilines is 1. The molecule has 0 spiro atoms. The SMILES string of the molecule is CC(Cc1ccc(-n2ccc(NC(=O)N3CCNCC3)nc2=O)cc1)NC12CC(CN)(C1)C2. The highest BCUT2D eigenvalue weighted by atomic mass is 16.2. The van der Waals surface area contributed by atoms with Crippen LogP contribution in [0.5, 0.6) is 0 Å². The van der Waals surface area contributed by atoms with Crippen LogP contribution in [0.3, 0.4) is 0 Å². The second-order valence-corrected chi connectivity index (χ2v) is 10.1. The van der Waals surface area contributed by atoms with Crippen molar-refractivity contribution in [3.63, 3.8) is 0 Å². The van der Waals surface area contributed by atoms with E-state index >= 15 is 0 Å². The van der Waals surface area contributed by atoms with Gasteiger partial charge in [0.15, 0.2) is 0 Å². The fourth-order valence-electron chi connectivity index (χ4n) is 5.81. The summed E-state index contributed by atoms with van der Waals surface area (Å²) in [7, 11) is 0. The lowest BCUT2D eigenvalue weighted by Gasteiger charge is -2.71. The molecule has 176 valence electrons. The number of amides is 2. The second-order valence-electron chi connectivity index (χ2n) is 10.1. The van der Waals surface area contributed by atoms with Crippen LogP contribution in [0.25, 0.3) is 5.69 Å². The van der Waals surface area contributed by atoms with Crippen molar-refractivity contribution in [2.45, 2.75) is 44.2 Å². The molecule has 1 atom stereocenters. The van der Waals surface area contributed by atoms with Crippen LogP contribution in [0.4, 0.5) is 10.6 Å². The van der Waals surface area contributed by atoms with E-state index in [9.17, 15) is 9.59 Å². The smallest absolute Gasteiger partial charge is 0.330 e. The van der Waals surface area contributed by atoms with Gasteiger partial charge in [-0.1, -0.05) is 12.1 Å². The Balaban J connectivity index is 1.17. The molecule has 1 saturated heterocycles. The Kier molecular flexibility index (Phi) is 5.72. The highest BCUT2D eigenvalue weighted by Crippen LogP contribution is 2.66. The molecule has 3 aliphatic carbocycles. The maximum Gasteiger partial charge on any atom is 0.354 e. The Labute approximate surface area is 193 Å². The van der Waals surface area contributed by atoms with Crippen molar-refractivity contribution < 1.29 is 4.79 Å². The molecular weight excluding hydrogens is 418 g/mol. The summed E-state index contributed by atoms with van der Waals surface area (Å²) in [6, 6.07) is 9.80. The normalized spacial score (nSPS) is 26.8. The first-order chi connectivity index (χ1) is 15.9. The number of nitrogens with one attached hydrogen (secondary N) is 3. The monoisotopic (exact) mass is 451 g/mol. The first kappa shape index (κ1) is 22.1. The van der Waals surface area contributed by atoms with Gasteiger partial charge in [-0.2, -0.15) is 4.98 Å². The molecule has 2 heterocycles. The molecule has 2 aromatic rings. The zero-order chi connectivity index (χ0) is 23.1. The minimum atomic E-state index is -0.423. The predicted octanol–water partition coefficient (Wildman–Crippen LogP) is 1.07. The molecule has 1 unspecified atom stereocenters. The van der Waals surface area contributed by atoms with Gasteiger partial charge in [0.2, 0.25) is 0 Å². The maximum absolute atomic E-state index is 12.6. The Morgan fingerprint density at radius 3 is 2.52 bits per heavy atom. The Hall–Kier alpha value is -2.75. The van der Waals surface area contributed by atoms with E-state index in [2.05, 4.69) is 40.0 Å².